The van der Waals surface area contributed by atoms with Gasteiger partial charge in [0.15, 0.2) is 11.5 Å². The molecule has 4 unspecified atom stereocenters. The number of hydrogen-bond donors (Lipinski definition) is 11. The van der Waals surface area contributed by atoms with E-state index < -0.39 is 92.6 Å². The lowest BCUT2D eigenvalue weighted by Crippen LogP contribution is -2.60. The molecule has 3 heterocycles. The van der Waals surface area contributed by atoms with Crippen molar-refractivity contribution in [2.45, 2.75) is 80.0 Å². The van der Waals surface area contributed by atoms with Gasteiger partial charge in [0, 0.05) is 24.1 Å². The molecule has 0 saturated carbocycles. The van der Waals surface area contributed by atoms with Gasteiger partial charge in [-0.15, -0.1) is 0 Å². The van der Waals surface area contributed by atoms with E-state index in [4.69, 9.17) is 23.7 Å². The Morgan fingerprint density at radius 3 is 1.84 bits per heavy atom. The van der Waals surface area contributed by atoms with Crippen LogP contribution < -0.4 is 14.2 Å². The summed E-state index contributed by atoms with van der Waals surface area (Å²) < 4.78 is 27.8. The van der Waals surface area contributed by atoms with Gasteiger partial charge in [-0.05, 0) is 17.7 Å². The molecule has 16 nitrogen and oxygen atoms in total. The van der Waals surface area contributed by atoms with Crippen LogP contribution >= 0.6 is 0 Å². The Morgan fingerprint density at radius 1 is 0.674 bits per heavy atom. The monoisotopic (exact) mass is 614 g/mol. The largest absolute Gasteiger partial charge is 0.507 e. The molecule has 2 aromatic rings. The fraction of sp³-hybridized carbons (Fsp3) is 0.556. The summed E-state index contributed by atoms with van der Waals surface area (Å²) in [6.45, 7) is -1.36. The molecule has 2 aromatic carbocycles. The van der Waals surface area contributed by atoms with E-state index >= 15 is 0 Å². The number of hydrogen-bond acceptors (Lipinski definition) is 16. The van der Waals surface area contributed by atoms with Crippen LogP contribution in [-0.2, 0) is 15.9 Å². The summed E-state index contributed by atoms with van der Waals surface area (Å²) in [6.07, 6.45) is -18.0. The molecule has 2 saturated heterocycles. The lowest BCUT2D eigenvalue weighted by molar-refractivity contribution is -0.277. The van der Waals surface area contributed by atoms with E-state index in [9.17, 15) is 56.2 Å². The van der Waals surface area contributed by atoms with E-state index in [1.807, 2.05) is 0 Å². The first kappa shape index (κ1) is 31.4. The summed E-state index contributed by atoms with van der Waals surface area (Å²) in [5.74, 6) is -0.982. The van der Waals surface area contributed by atoms with Gasteiger partial charge in [0.05, 0.1) is 19.3 Å². The van der Waals surface area contributed by atoms with E-state index in [0.717, 1.165) is 0 Å². The second kappa shape index (κ2) is 12.5. The SMILES string of the molecule is OCC1O[C@@H](Oc2cc(O)c3c(c2)O[C@H](c2ccc(O)c(O[C@@H]4OC(CO)[C@@H](O)[C@H](O)C4O)c2)[C@@H](O)C3)C(O)[C@@H](O)[C@@H]1O. The molecule has 0 spiro atoms. The van der Waals surface area contributed by atoms with Gasteiger partial charge in [-0.25, -0.2) is 0 Å². The molecule has 16 heteroatoms. The van der Waals surface area contributed by atoms with E-state index in [1.54, 1.807) is 0 Å². The average Bonchev–Trinajstić information content (AvgIpc) is 2.99. The molecule has 3 aliphatic rings. The molecule has 2 fully saturated rings. The normalized spacial score (nSPS) is 37.7. The maximum absolute atomic E-state index is 10.9. The molecule has 3 aliphatic heterocycles. The van der Waals surface area contributed by atoms with E-state index in [0.29, 0.717) is 0 Å². The van der Waals surface area contributed by atoms with Gasteiger partial charge in [-0.3, -0.25) is 0 Å². The zero-order valence-corrected chi connectivity index (χ0v) is 22.4. The number of ether oxygens (including phenoxy) is 5. The Morgan fingerprint density at radius 2 is 1.26 bits per heavy atom. The molecule has 0 aliphatic carbocycles. The van der Waals surface area contributed by atoms with Crippen LogP contribution in [0, 0.1) is 0 Å². The second-order valence-electron chi connectivity index (χ2n) is 10.6. The maximum atomic E-state index is 10.9. The van der Waals surface area contributed by atoms with Crippen LogP contribution in [0.4, 0.5) is 0 Å². The predicted molar refractivity (Wildman–Crippen MR) is 138 cm³/mol. The summed E-state index contributed by atoms with van der Waals surface area (Å²) >= 11 is 0. The molecular formula is C27H34O16. The Bertz CT molecular complexity index is 1270. The van der Waals surface area contributed by atoms with Crippen molar-refractivity contribution in [3.63, 3.8) is 0 Å². The fourth-order valence-electron chi connectivity index (χ4n) is 5.20. The maximum Gasteiger partial charge on any atom is 0.229 e. The minimum atomic E-state index is -1.74. The first-order chi connectivity index (χ1) is 20.4. The van der Waals surface area contributed by atoms with Crippen LogP contribution in [0.25, 0.3) is 0 Å². The van der Waals surface area contributed by atoms with Crippen LogP contribution in [-0.4, -0.2) is 137 Å². The van der Waals surface area contributed by atoms with Crippen molar-refractivity contribution in [3.8, 4) is 28.7 Å². The van der Waals surface area contributed by atoms with Crippen molar-refractivity contribution in [2.75, 3.05) is 13.2 Å². The minimum absolute atomic E-state index is 0.0689. The first-order valence-electron chi connectivity index (χ1n) is 13.4. The Labute approximate surface area is 243 Å². The van der Waals surface area contributed by atoms with Crippen molar-refractivity contribution in [2.24, 2.45) is 0 Å². The lowest BCUT2D eigenvalue weighted by Gasteiger charge is -2.39. The third-order valence-corrected chi connectivity index (χ3v) is 7.68. The van der Waals surface area contributed by atoms with Crippen molar-refractivity contribution >= 4 is 0 Å². The third kappa shape index (κ3) is 6.04. The molecule has 5 rings (SSSR count). The second-order valence-corrected chi connectivity index (χ2v) is 10.6. The predicted octanol–water partition coefficient (Wildman–Crippen LogP) is -3.51. The molecular weight excluding hydrogens is 580 g/mol. The fourth-order valence-corrected chi connectivity index (χ4v) is 5.20. The van der Waals surface area contributed by atoms with Crippen LogP contribution in [0.3, 0.4) is 0 Å². The van der Waals surface area contributed by atoms with Crippen LogP contribution in [0.15, 0.2) is 30.3 Å². The molecule has 238 valence electrons. The molecule has 0 amide bonds. The Balaban J connectivity index is 1.36. The third-order valence-electron chi connectivity index (χ3n) is 7.68. The molecule has 0 radical (unpaired) electrons. The van der Waals surface area contributed by atoms with Crippen LogP contribution in [0.5, 0.6) is 28.7 Å². The molecule has 11 N–H and O–H groups in total. The van der Waals surface area contributed by atoms with Crippen molar-refractivity contribution in [3.05, 3.63) is 41.5 Å². The summed E-state index contributed by atoms with van der Waals surface area (Å²) in [4.78, 5) is 0. The highest BCUT2D eigenvalue weighted by Crippen LogP contribution is 2.44. The lowest BCUT2D eigenvalue weighted by atomic mass is 9.93. The molecule has 43 heavy (non-hydrogen) atoms. The van der Waals surface area contributed by atoms with Gasteiger partial charge >= 0.3 is 0 Å². The van der Waals surface area contributed by atoms with Gasteiger partial charge in [0.1, 0.15) is 72.2 Å². The quantitative estimate of drug-likeness (QED) is 0.144. The van der Waals surface area contributed by atoms with Crippen LogP contribution in [0.2, 0.25) is 0 Å². The van der Waals surface area contributed by atoms with Gasteiger partial charge < -0.3 is 79.9 Å². The van der Waals surface area contributed by atoms with Gasteiger partial charge in [0.2, 0.25) is 12.6 Å². The van der Waals surface area contributed by atoms with Crippen molar-refractivity contribution in [1.29, 1.82) is 0 Å². The highest BCUT2D eigenvalue weighted by atomic mass is 16.7. The van der Waals surface area contributed by atoms with Gasteiger partial charge in [-0.1, -0.05) is 6.07 Å². The standard InChI is InChI=1S/C27H34O16/c28-7-17-19(33)21(35)23(37)26(42-17)39-10-4-13(31)11-6-14(32)25(40-15(11)5-10)9-1-2-12(30)16(3-9)41-27-24(38)22(36)20(34)18(8-29)43-27/h1-5,14,17-38H,6-8H2/t14-,17?,18?,19+,20+,21-,22-,23?,24?,25+,26+,27+/m0/s1. The number of phenols is 2. The summed E-state index contributed by atoms with van der Waals surface area (Å²) in [5.41, 5.74) is 0.497. The Hall–Kier alpha value is -3.00. The number of fused-ring (bicyclic) bond motifs is 1. The molecule has 0 bridgehead atoms. The molecule has 0 aromatic heterocycles. The minimum Gasteiger partial charge on any atom is -0.507 e. The zero-order chi connectivity index (χ0) is 31.2. The van der Waals surface area contributed by atoms with Crippen molar-refractivity contribution in [1.82, 2.24) is 0 Å². The summed E-state index contributed by atoms with van der Waals surface area (Å²) in [7, 11) is 0. The molecule has 12 atom stereocenters. The highest BCUT2D eigenvalue weighted by molar-refractivity contribution is 5.52. The average molecular weight is 615 g/mol. The van der Waals surface area contributed by atoms with Crippen molar-refractivity contribution < 1.29 is 79.9 Å². The number of rotatable bonds is 7. The zero-order valence-electron chi connectivity index (χ0n) is 22.4. The number of benzene rings is 2. The van der Waals surface area contributed by atoms with E-state index in [-0.39, 0.29) is 40.5 Å². The smallest absolute Gasteiger partial charge is 0.229 e. The van der Waals surface area contributed by atoms with E-state index in [1.165, 1.54) is 30.3 Å². The summed E-state index contributed by atoms with van der Waals surface area (Å²) in [6, 6.07) is 6.42. The number of phenolic OH excluding ortho intramolecular Hbond substituents is 2. The first-order valence-corrected chi connectivity index (χ1v) is 13.4. The van der Waals surface area contributed by atoms with Gasteiger partial charge in [0.25, 0.3) is 0 Å². The topological polar surface area (TPSA) is 269 Å². The van der Waals surface area contributed by atoms with Gasteiger partial charge in [-0.2, -0.15) is 0 Å². The Kier molecular flexibility index (Phi) is 9.17. The number of aliphatic hydroxyl groups is 9. The summed E-state index contributed by atoms with van der Waals surface area (Å²) in [5, 5.41) is 111. The van der Waals surface area contributed by atoms with E-state index in [2.05, 4.69) is 0 Å². The van der Waals surface area contributed by atoms with Crippen LogP contribution in [0.1, 0.15) is 17.2 Å². The number of aromatic hydroxyl groups is 2. The number of aliphatic hydroxyl groups excluding tert-OH is 9. The highest BCUT2D eigenvalue weighted by Gasteiger charge is 2.46.